The van der Waals surface area contributed by atoms with Crippen LogP contribution in [0.2, 0.25) is 0 Å². The molecule has 0 amide bonds. The van der Waals surface area contributed by atoms with E-state index >= 15 is 0 Å². The standard InChI is InChI=1S/C11H11FN2O2/c1-14(7-11(15)16)6-8-2-3-10(12)4-9(8)5-13/h2-4H,6-7H2,1H3,(H,15,16). The van der Waals surface area contributed by atoms with Crippen LogP contribution in [0, 0.1) is 17.1 Å². The van der Waals surface area contributed by atoms with E-state index in [0.717, 1.165) is 6.07 Å². The van der Waals surface area contributed by atoms with Crippen LogP contribution in [0.3, 0.4) is 0 Å². The molecular weight excluding hydrogens is 211 g/mol. The van der Waals surface area contributed by atoms with Gasteiger partial charge in [0.2, 0.25) is 0 Å². The zero-order valence-electron chi connectivity index (χ0n) is 8.77. The molecule has 0 aliphatic heterocycles. The van der Waals surface area contributed by atoms with Gasteiger partial charge in [0.1, 0.15) is 5.82 Å². The highest BCUT2D eigenvalue weighted by molar-refractivity contribution is 5.69. The van der Waals surface area contributed by atoms with Gasteiger partial charge in [-0.1, -0.05) is 6.07 Å². The highest BCUT2D eigenvalue weighted by Crippen LogP contribution is 2.12. The summed E-state index contributed by atoms with van der Waals surface area (Å²) in [5, 5.41) is 17.4. The van der Waals surface area contributed by atoms with Gasteiger partial charge in [0.05, 0.1) is 18.2 Å². The zero-order chi connectivity index (χ0) is 12.1. The van der Waals surface area contributed by atoms with Crippen molar-refractivity contribution >= 4 is 5.97 Å². The van der Waals surface area contributed by atoms with Crippen LogP contribution in [0.25, 0.3) is 0 Å². The highest BCUT2D eigenvalue weighted by atomic mass is 19.1. The number of benzene rings is 1. The van der Waals surface area contributed by atoms with Crippen molar-refractivity contribution in [1.29, 1.82) is 5.26 Å². The molecule has 0 bridgehead atoms. The molecule has 0 fully saturated rings. The van der Waals surface area contributed by atoms with E-state index in [2.05, 4.69) is 0 Å². The molecule has 5 heteroatoms. The Morgan fingerprint density at radius 3 is 2.88 bits per heavy atom. The molecule has 0 aromatic heterocycles. The molecule has 0 atom stereocenters. The Hall–Kier alpha value is -1.93. The molecule has 0 saturated heterocycles. The number of carbonyl (C=O) groups is 1. The van der Waals surface area contributed by atoms with Crippen LogP contribution in [0.5, 0.6) is 0 Å². The fourth-order valence-electron chi connectivity index (χ4n) is 1.37. The molecule has 1 rings (SSSR count). The smallest absolute Gasteiger partial charge is 0.317 e. The Bertz CT molecular complexity index is 440. The summed E-state index contributed by atoms with van der Waals surface area (Å²) >= 11 is 0. The Labute approximate surface area is 92.5 Å². The van der Waals surface area contributed by atoms with Gasteiger partial charge in [-0.15, -0.1) is 0 Å². The molecule has 0 spiro atoms. The van der Waals surface area contributed by atoms with E-state index in [4.69, 9.17) is 10.4 Å². The number of hydrogen-bond donors (Lipinski definition) is 1. The van der Waals surface area contributed by atoms with Gasteiger partial charge < -0.3 is 5.11 Å². The molecule has 0 aliphatic carbocycles. The van der Waals surface area contributed by atoms with Crippen LogP contribution >= 0.6 is 0 Å². The Kier molecular flexibility index (Phi) is 3.97. The molecule has 1 N–H and O–H groups in total. The fraction of sp³-hybridized carbons (Fsp3) is 0.273. The molecule has 0 radical (unpaired) electrons. The average molecular weight is 222 g/mol. The Morgan fingerprint density at radius 2 is 2.31 bits per heavy atom. The van der Waals surface area contributed by atoms with Gasteiger partial charge in [-0.2, -0.15) is 5.26 Å². The first-order chi connectivity index (χ1) is 7.52. The molecule has 4 nitrogen and oxygen atoms in total. The highest BCUT2D eigenvalue weighted by Gasteiger charge is 2.09. The SMILES string of the molecule is CN(CC(=O)O)Cc1ccc(F)cc1C#N. The normalized spacial score (nSPS) is 10.1. The van der Waals surface area contributed by atoms with E-state index in [-0.39, 0.29) is 12.1 Å². The van der Waals surface area contributed by atoms with Crippen molar-refractivity contribution in [2.75, 3.05) is 13.6 Å². The van der Waals surface area contributed by atoms with E-state index in [9.17, 15) is 9.18 Å². The quantitative estimate of drug-likeness (QED) is 0.831. The summed E-state index contributed by atoms with van der Waals surface area (Å²) in [4.78, 5) is 12.0. The molecule has 84 valence electrons. The molecule has 16 heavy (non-hydrogen) atoms. The number of halogens is 1. The second-order valence-electron chi connectivity index (χ2n) is 3.48. The predicted molar refractivity (Wildman–Crippen MR) is 55.1 cm³/mol. The van der Waals surface area contributed by atoms with Gasteiger partial charge in [0, 0.05) is 6.54 Å². The molecule has 1 aromatic rings. The third-order valence-corrected chi connectivity index (χ3v) is 2.04. The van der Waals surface area contributed by atoms with E-state index < -0.39 is 11.8 Å². The number of carboxylic acids is 1. The van der Waals surface area contributed by atoms with Crippen molar-refractivity contribution in [3.8, 4) is 6.07 Å². The van der Waals surface area contributed by atoms with E-state index in [1.807, 2.05) is 6.07 Å². The molecule has 1 aromatic carbocycles. The zero-order valence-corrected chi connectivity index (χ0v) is 8.77. The summed E-state index contributed by atoms with van der Waals surface area (Å²) in [6.07, 6.45) is 0. The first-order valence-corrected chi connectivity index (χ1v) is 4.62. The van der Waals surface area contributed by atoms with Crippen LogP contribution in [-0.2, 0) is 11.3 Å². The number of rotatable bonds is 4. The average Bonchev–Trinajstić information content (AvgIpc) is 2.19. The lowest BCUT2D eigenvalue weighted by molar-refractivity contribution is -0.138. The fourth-order valence-corrected chi connectivity index (χ4v) is 1.37. The Morgan fingerprint density at radius 1 is 1.62 bits per heavy atom. The third kappa shape index (κ3) is 3.33. The number of nitrogens with zero attached hydrogens (tertiary/aromatic N) is 2. The van der Waals surface area contributed by atoms with Gasteiger partial charge in [0.25, 0.3) is 0 Å². The minimum absolute atomic E-state index is 0.123. The second kappa shape index (κ2) is 5.24. The Balaban J connectivity index is 2.81. The summed E-state index contributed by atoms with van der Waals surface area (Å²) < 4.78 is 12.8. The lowest BCUT2D eigenvalue weighted by Gasteiger charge is -2.14. The van der Waals surface area contributed by atoms with Gasteiger partial charge in [0.15, 0.2) is 0 Å². The summed E-state index contributed by atoms with van der Waals surface area (Å²) in [5.74, 6) is -1.41. The van der Waals surface area contributed by atoms with Crippen molar-refractivity contribution < 1.29 is 14.3 Å². The molecular formula is C11H11FN2O2. The first-order valence-electron chi connectivity index (χ1n) is 4.62. The monoisotopic (exact) mass is 222 g/mol. The van der Waals surface area contributed by atoms with Crippen molar-refractivity contribution in [1.82, 2.24) is 4.90 Å². The van der Waals surface area contributed by atoms with Crippen molar-refractivity contribution in [2.24, 2.45) is 0 Å². The molecule has 0 aliphatic rings. The third-order valence-electron chi connectivity index (χ3n) is 2.04. The second-order valence-corrected chi connectivity index (χ2v) is 3.48. The van der Waals surface area contributed by atoms with Gasteiger partial charge in [-0.05, 0) is 24.7 Å². The number of likely N-dealkylation sites (N-methyl/N-ethyl adjacent to an activating group) is 1. The number of nitriles is 1. The van der Waals surface area contributed by atoms with E-state index in [1.165, 1.54) is 17.0 Å². The van der Waals surface area contributed by atoms with Crippen LogP contribution in [0.4, 0.5) is 4.39 Å². The molecule has 0 unspecified atom stereocenters. The van der Waals surface area contributed by atoms with Crippen LogP contribution < -0.4 is 0 Å². The number of aliphatic carboxylic acids is 1. The lowest BCUT2D eigenvalue weighted by Crippen LogP contribution is -2.25. The predicted octanol–water partition coefficient (Wildman–Crippen LogP) is 1.21. The molecule has 0 heterocycles. The van der Waals surface area contributed by atoms with E-state index in [1.54, 1.807) is 7.05 Å². The number of hydrogen-bond acceptors (Lipinski definition) is 3. The van der Waals surface area contributed by atoms with Crippen LogP contribution in [0.1, 0.15) is 11.1 Å². The minimum Gasteiger partial charge on any atom is -0.480 e. The van der Waals surface area contributed by atoms with Crippen molar-refractivity contribution in [3.05, 3.63) is 35.1 Å². The lowest BCUT2D eigenvalue weighted by atomic mass is 10.1. The summed E-state index contributed by atoms with van der Waals surface area (Å²) in [6.45, 7) is 0.178. The van der Waals surface area contributed by atoms with Gasteiger partial charge in [-0.3, -0.25) is 9.69 Å². The summed E-state index contributed by atoms with van der Waals surface area (Å²) in [5.41, 5.74) is 0.852. The maximum Gasteiger partial charge on any atom is 0.317 e. The summed E-state index contributed by atoms with van der Waals surface area (Å²) in [7, 11) is 1.62. The first kappa shape index (κ1) is 12.1. The van der Waals surface area contributed by atoms with Crippen LogP contribution in [0.15, 0.2) is 18.2 Å². The van der Waals surface area contributed by atoms with Gasteiger partial charge in [-0.25, -0.2) is 4.39 Å². The van der Waals surface area contributed by atoms with E-state index in [0.29, 0.717) is 12.1 Å². The largest absolute Gasteiger partial charge is 0.480 e. The minimum atomic E-state index is -0.942. The maximum absolute atomic E-state index is 12.8. The van der Waals surface area contributed by atoms with Crippen molar-refractivity contribution in [2.45, 2.75) is 6.54 Å². The summed E-state index contributed by atoms with van der Waals surface area (Å²) in [6, 6.07) is 5.77. The van der Waals surface area contributed by atoms with Crippen LogP contribution in [-0.4, -0.2) is 29.6 Å². The maximum atomic E-state index is 12.8. The van der Waals surface area contributed by atoms with Gasteiger partial charge >= 0.3 is 5.97 Å². The topological polar surface area (TPSA) is 64.3 Å². The van der Waals surface area contributed by atoms with Crippen molar-refractivity contribution in [3.63, 3.8) is 0 Å². The number of carboxylic acid groups (broad SMARTS) is 1. The molecule has 0 saturated carbocycles.